The van der Waals surface area contributed by atoms with E-state index >= 15 is 0 Å². The minimum Gasteiger partial charge on any atom is -0.755 e. The summed E-state index contributed by atoms with van der Waals surface area (Å²) in [4.78, 5) is 86.9. The van der Waals surface area contributed by atoms with Crippen LogP contribution in [0.25, 0.3) is 0 Å². The van der Waals surface area contributed by atoms with Gasteiger partial charge in [-0.05, 0) is 38.5 Å². The average molecular weight is 1090 g/mol. The zero-order chi connectivity index (χ0) is 51.8. The summed E-state index contributed by atoms with van der Waals surface area (Å²) in [5.74, 6) is -1.23. The number of esters is 2. The summed E-state index contributed by atoms with van der Waals surface area (Å²) in [5, 5.41) is 15.0. The van der Waals surface area contributed by atoms with Gasteiger partial charge in [-0.1, -0.05) is 181 Å². The third-order valence-electron chi connectivity index (χ3n) is 13.3. The molecule has 412 valence electrons. The van der Waals surface area contributed by atoms with E-state index in [1.807, 2.05) is 5.48 Å². The van der Waals surface area contributed by atoms with Crippen molar-refractivity contribution in [3.05, 3.63) is 0 Å². The number of hydrogen-bond acceptors (Lipinski definition) is 13. The molecule has 4 N–H and O–H groups in total. The van der Waals surface area contributed by atoms with Gasteiger partial charge in [-0.3, -0.25) is 23.7 Å². The van der Waals surface area contributed by atoms with Crippen molar-refractivity contribution in [2.45, 2.75) is 268 Å². The fraction of sp³-hybridized carbons (Fsp3) is 0.885. The van der Waals surface area contributed by atoms with Gasteiger partial charge >= 0.3 is 75.4 Å². The Morgan fingerprint density at radius 3 is 1.65 bits per heavy atom. The Kier molecular flexibility index (Phi) is 42.8. The van der Waals surface area contributed by atoms with Gasteiger partial charge in [0.15, 0.2) is 6.10 Å². The topological polar surface area (TPSA) is 239 Å². The third-order valence-corrected chi connectivity index (χ3v) is 15.5. The molecule has 20 heteroatoms. The first-order valence-electron chi connectivity index (χ1n) is 27.9. The number of fused-ring (bicyclic) bond motifs is 1. The number of carbonyl (C=O) groups excluding carboxylic acids is 5. The van der Waals surface area contributed by atoms with Crippen LogP contribution < -0.4 is 72.4 Å². The van der Waals surface area contributed by atoms with Crippen LogP contribution in [0.4, 0.5) is 9.59 Å². The molecule has 0 saturated carbocycles. The smallest absolute Gasteiger partial charge is 0.755 e. The number of urea groups is 1. The molecule has 3 unspecified atom stereocenters. The Labute approximate surface area is 479 Å². The maximum Gasteiger partial charge on any atom is 1.00 e. The molecule has 0 aromatic rings. The van der Waals surface area contributed by atoms with Crippen molar-refractivity contribution in [3.63, 3.8) is 0 Å². The van der Waals surface area contributed by atoms with Crippen LogP contribution in [0.15, 0.2) is 0 Å². The molecule has 2 aliphatic rings. The number of hydrogen-bond donors (Lipinski definition) is 4. The number of nitrogens with one attached hydrogen (secondary N) is 3. The minimum absolute atomic E-state index is 0. The average Bonchev–Trinajstić information content (AvgIpc) is 3.89. The molecule has 0 aliphatic carbocycles. The number of carbonyl (C=O) groups is 6. The summed E-state index contributed by atoms with van der Waals surface area (Å²) in [5.41, 5.74) is 1.89. The van der Waals surface area contributed by atoms with Crippen LogP contribution in [-0.2, 0) is 42.4 Å². The van der Waals surface area contributed by atoms with E-state index < -0.39 is 50.5 Å². The molecule has 5 amide bonds. The number of phosphoric ester groups is 1. The Hall–Kier alpha value is -1.28. The van der Waals surface area contributed by atoms with Crippen LogP contribution in [0, 0.1) is 0 Å². The predicted octanol–water partition coefficient (Wildman–Crippen LogP) is 8.73. The molecule has 2 saturated heterocycles. The molecule has 0 spiro atoms. The first-order valence-corrected chi connectivity index (χ1v) is 30.4. The third kappa shape index (κ3) is 35.1. The first kappa shape index (κ1) is 68.7. The number of phosphoric acid groups is 1. The van der Waals surface area contributed by atoms with E-state index in [-0.39, 0.29) is 100 Å². The second-order valence-corrected chi connectivity index (χ2v) is 22.2. The fourth-order valence-corrected chi connectivity index (χ4v) is 11.2. The summed E-state index contributed by atoms with van der Waals surface area (Å²) in [7, 11) is -5.08. The normalized spacial score (nSPS) is 17.3. The maximum absolute atomic E-state index is 12.8. The molecular formula is C52H94KN4O13PS. The molecule has 0 aromatic heterocycles. The van der Waals surface area contributed by atoms with Gasteiger partial charge in [0.25, 0.3) is 7.82 Å². The SMILES string of the molecule is CCCCCCCCCCCCCCCC(=O)OCC(COP(=O)([O-])ONC(=O)CCCCCNC(=O)CCCCC1SC[C@H]2[C@@H]1NC(=O)N2C(=O)O)OC(=O)CCCCCCCCCCCCCCC.[K+]. The van der Waals surface area contributed by atoms with Gasteiger partial charge in [-0.2, -0.15) is 11.8 Å². The van der Waals surface area contributed by atoms with Crippen molar-refractivity contribution in [1.29, 1.82) is 0 Å². The number of imide groups is 1. The number of thioether (sulfide) groups is 1. The van der Waals surface area contributed by atoms with Gasteiger partial charge in [0, 0.05) is 43.2 Å². The van der Waals surface area contributed by atoms with Gasteiger partial charge in [-0.15, -0.1) is 0 Å². The number of rotatable bonds is 47. The van der Waals surface area contributed by atoms with E-state index in [1.54, 1.807) is 11.8 Å². The second kappa shape index (κ2) is 44.8. The van der Waals surface area contributed by atoms with Gasteiger partial charge < -0.3 is 34.6 Å². The molecule has 17 nitrogen and oxygen atoms in total. The van der Waals surface area contributed by atoms with E-state index in [4.69, 9.17) is 14.0 Å². The van der Waals surface area contributed by atoms with Gasteiger partial charge in [0.2, 0.25) is 11.8 Å². The van der Waals surface area contributed by atoms with E-state index in [0.29, 0.717) is 57.2 Å². The predicted molar refractivity (Wildman–Crippen MR) is 276 cm³/mol. The van der Waals surface area contributed by atoms with Crippen molar-refractivity contribution < 1.29 is 113 Å². The van der Waals surface area contributed by atoms with E-state index in [1.165, 1.54) is 116 Å². The quantitative estimate of drug-likeness (QED) is 0.0111. The Morgan fingerprint density at radius 1 is 0.667 bits per heavy atom. The van der Waals surface area contributed by atoms with Crippen molar-refractivity contribution in [2.75, 3.05) is 25.5 Å². The Bertz CT molecular complexity index is 1540. The largest absolute Gasteiger partial charge is 1.00 e. The molecule has 72 heavy (non-hydrogen) atoms. The van der Waals surface area contributed by atoms with E-state index in [2.05, 4.69) is 29.1 Å². The zero-order valence-corrected chi connectivity index (χ0v) is 49.6. The van der Waals surface area contributed by atoms with E-state index in [9.17, 15) is 43.3 Å². The number of amides is 5. The Balaban J connectivity index is 0.0000259. The monoisotopic (exact) mass is 1080 g/mol. The standard InChI is InChI=1S/C52H95N4O13PS.K/c1-3-5-7-9-11-13-15-17-19-21-23-25-29-37-48(59)66-40-43(68-49(60)38-30-26-24-22-20-18-16-14-12-10-8-6-4-2)41-67-70(64,65)69-55-47(58)36-28-27-33-39-53-46(57)35-32-31-34-45-50-44(42-71-45)56(52(62)63)51(61)54-50;/h43-45,50H,3-42H2,1-2H3,(H,53,57)(H,54,61)(H,55,58)(H,62,63)(H,64,65);/q;+1/p-1/t43?,44-,45?,50-;/m0./s1. The summed E-state index contributed by atoms with van der Waals surface area (Å²) < 4.78 is 33.1. The van der Waals surface area contributed by atoms with Crippen molar-refractivity contribution in [2.24, 2.45) is 0 Å². The van der Waals surface area contributed by atoms with Crippen LogP contribution in [0.3, 0.4) is 0 Å². The molecular weight excluding hydrogens is 991 g/mol. The van der Waals surface area contributed by atoms with Crippen LogP contribution in [-0.4, -0.2) is 94.8 Å². The fourth-order valence-electron chi connectivity index (χ4n) is 9.04. The summed E-state index contributed by atoms with van der Waals surface area (Å²) in [6, 6.07) is -1.15. The van der Waals surface area contributed by atoms with Crippen LogP contribution in [0.5, 0.6) is 0 Å². The van der Waals surface area contributed by atoms with Crippen molar-refractivity contribution in [1.82, 2.24) is 21.0 Å². The number of nitrogens with zero attached hydrogens (tertiary/aromatic N) is 1. The molecule has 2 rings (SSSR count). The molecule has 2 heterocycles. The van der Waals surface area contributed by atoms with Gasteiger partial charge in [0.1, 0.15) is 6.61 Å². The second-order valence-electron chi connectivity index (χ2n) is 19.6. The van der Waals surface area contributed by atoms with Crippen LogP contribution >= 0.6 is 19.6 Å². The van der Waals surface area contributed by atoms with Crippen molar-refractivity contribution in [3.8, 4) is 0 Å². The summed E-state index contributed by atoms with van der Waals surface area (Å²) in [6.07, 6.45) is 32.5. The number of ether oxygens (including phenoxy) is 2. The summed E-state index contributed by atoms with van der Waals surface area (Å²) in [6.45, 7) is 3.84. The molecule has 0 aromatic carbocycles. The zero-order valence-electron chi connectivity index (χ0n) is 44.7. The number of carboxylic acid groups (broad SMARTS) is 1. The molecule has 0 radical (unpaired) electrons. The van der Waals surface area contributed by atoms with Crippen molar-refractivity contribution >= 4 is 55.5 Å². The van der Waals surface area contributed by atoms with E-state index in [0.717, 1.165) is 56.3 Å². The molecule has 2 fully saturated rings. The molecule has 0 bridgehead atoms. The summed E-state index contributed by atoms with van der Waals surface area (Å²) >= 11 is 1.64. The number of hydroxylamine groups is 1. The Morgan fingerprint density at radius 2 is 1.12 bits per heavy atom. The minimum atomic E-state index is -5.08. The number of unbranched alkanes of at least 4 members (excludes halogenated alkanes) is 27. The van der Waals surface area contributed by atoms with Crippen LogP contribution in [0.2, 0.25) is 0 Å². The van der Waals surface area contributed by atoms with Gasteiger partial charge in [0.05, 0.1) is 18.7 Å². The maximum atomic E-state index is 12.8. The molecule has 2 aliphatic heterocycles. The first-order chi connectivity index (χ1) is 34.4. The molecule has 5 atom stereocenters. The van der Waals surface area contributed by atoms with Crippen LogP contribution in [0.1, 0.15) is 245 Å². The van der Waals surface area contributed by atoms with Gasteiger partial charge in [-0.25, -0.2) is 24.6 Å².